The second-order valence-corrected chi connectivity index (χ2v) is 8.51. The van der Waals surface area contributed by atoms with Gasteiger partial charge in [-0.1, -0.05) is 6.07 Å². The number of fused-ring (bicyclic) bond motifs is 1. The van der Waals surface area contributed by atoms with Gasteiger partial charge in [-0.2, -0.15) is 18.3 Å². The highest BCUT2D eigenvalue weighted by atomic mass is 19.4. The SMILES string of the molecule is OCCN(CC(O)(CNc1cccc2c1cnn2-c1ccc(F)cc1F)C(F)(F)F)c1cc(F)ccc1F. The van der Waals surface area contributed by atoms with Gasteiger partial charge in [0.05, 0.1) is 37.1 Å². The summed E-state index contributed by atoms with van der Waals surface area (Å²) in [6.45, 7) is -3.58. The molecule has 1 aromatic heterocycles. The number of benzene rings is 3. The van der Waals surface area contributed by atoms with Crippen LogP contribution in [0.3, 0.4) is 0 Å². The number of alkyl halides is 3. The third-order valence-corrected chi connectivity index (χ3v) is 5.92. The van der Waals surface area contributed by atoms with Gasteiger partial charge in [-0.15, -0.1) is 0 Å². The fourth-order valence-electron chi connectivity index (χ4n) is 3.99. The highest BCUT2D eigenvalue weighted by molar-refractivity contribution is 5.92. The smallest absolute Gasteiger partial charge is 0.395 e. The molecule has 4 aromatic rings. The molecule has 38 heavy (non-hydrogen) atoms. The van der Waals surface area contributed by atoms with E-state index < -0.39 is 67.0 Å². The van der Waals surface area contributed by atoms with E-state index >= 15 is 0 Å². The van der Waals surface area contributed by atoms with Crippen molar-refractivity contribution in [2.75, 3.05) is 36.5 Å². The molecule has 0 saturated heterocycles. The van der Waals surface area contributed by atoms with Crippen molar-refractivity contribution in [3.05, 3.63) is 84.1 Å². The molecule has 0 bridgehead atoms. The summed E-state index contributed by atoms with van der Waals surface area (Å²) in [7, 11) is 0. The highest BCUT2D eigenvalue weighted by Crippen LogP contribution is 2.35. The van der Waals surface area contributed by atoms with Crippen molar-refractivity contribution in [3.63, 3.8) is 0 Å². The van der Waals surface area contributed by atoms with Crippen molar-refractivity contribution >= 4 is 22.3 Å². The molecule has 0 aliphatic carbocycles. The Bertz CT molecular complexity index is 1440. The van der Waals surface area contributed by atoms with Crippen molar-refractivity contribution in [1.82, 2.24) is 9.78 Å². The minimum atomic E-state index is -5.23. The van der Waals surface area contributed by atoms with E-state index in [0.29, 0.717) is 17.0 Å². The molecule has 202 valence electrons. The first-order valence-electron chi connectivity index (χ1n) is 11.2. The summed E-state index contributed by atoms with van der Waals surface area (Å²) in [5, 5.41) is 26.9. The lowest BCUT2D eigenvalue weighted by atomic mass is 10.0. The van der Waals surface area contributed by atoms with Gasteiger partial charge in [-0.3, -0.25) is 0 Å². The van der Waals surface area contributed by atoms with Gasteiger partial charge in [0.2, 0.25) is 0 Å². The monoisotopic (exact) mass is 542 g/mol. The standard InChI is InChI=1S/C25H21F7N4O2/c26-15-5-7-22(19(29)10-15)36-21-3-1-2-20(17(21)12-34-36)33-13-24(38,25(30,31)32)14-35(8-9-37)23-11-16(27)4-6-18(23)28/h1-7,10-12,33,37-38H,8-9,13-14H2. The zero-order chi connectivity index (χ0) is 27.7. The van der Waals surface area contributed by atoms with Gasteiger partial charge in [-0.25, -0.2) is 22.2 Å². The van der Waals surface area contributed by atoms with Crippen LogP contribution in [-0.4, -0.2) is 58.0 Å². The molecule has 1 unspecified atom stereocenters. The fraction of sp³-hybridized carbons (Fsp3) is 0.240. The Balaban J connectivity index is 1.65. The van der Waals surface area contributed by atoms with E-state index in [9.17, 15) is 40.9 Å². The fourth-order valence-corrected chi connectivity index (χ4v) is 3.99. The molecule has 0 saturated carbocycles. The normalized spacial score (nSPS) is 13.5. The number of nitrogens with zero attached hydrogens (tertiary/aromatic N) is 3. The number of nitrogens with one attached hydrogen (secondary N) is 1. The third kappa shape index (κ3) is 5.38. The molecule has 0 fully saturated rings. The number of aromatic nitrogens is 2. The topological polar surface area (TPSA) is 73.6 Å². The van der Waals surface area contributed by atoms with E-state index in [2.05, 4.69) is 10.4 Å². The van der Waals surface area contributed by atoms with Crippen LogP contribution in [0.15, 0.2) is 60.8 Å². The predicted octanol–water partition coefficient (Wildman–Crippen LogP) is 4.79. The van der Waals surface area contributed by atoms with Gasteiger partial charge >= 0.3 is 6.18 Å². The average molecular weight is 542 g/mol. The maximum atomic E-state index is 14.3. The number of anilines is 2. The van der Waals surface area contributed by atoms with Gasteiger partial charge in [0.1, 0.15) is 23.1 Å². The average Bonchev–Trinajstić information content (AvgIpc) is 3.28. The van der Waals surface area contributed by atoms with Crippen molar-refractivity contribution in [2.45, 2.75) is 11.8 Å². The maximum absolute atomic E-state index is 14.3. The molecule has 3 N–H and O–H groups in total. The molecule has 0 aliphatic heterocycles. The second kappa shape index (κ2) is 10.5. The number of aliphatic hydroxyl groups is 2. The summed E-state index contributed by atoms with van der Waals surface area (Å²) in [4.78, 5) is 0.698. The van der Waals surface area contributed by atoms with E-state index in [1.54, 1.807) is 0 Å². The second-order valence-electron chi connectivity index (χ2n) is 8.51. The van der Waals surface area contributed by atoms with Crippen LogP contribution in [0.5, 0.6) is 0 Å². The first-order valence-corrected chi connectivity index (χ1v) is 11.2. The van der Waals surface area contributed by atoms with Crippen LogP contribution >= 0.6 is 0 Å². The summed E-state index contributed by atoms with van der Waals surface area (Å²) in [6, 6.07) is 9.39. The molecular weight excluding hydrogens is 521 g/mol. The Kier molecular flexibility index (Phi) is 7.51. The van der Waals surface area contributed by atoms with Crippen molar-refractivity contribution < 1.29 is 40.9 Å². The van der Waals surface area contributed by atoms with Crippen LogP contribution in [0, 0.1) is 23.3 Å². The van der Waals surface area contributed by atoms with Crippen molar-refractivity contribution in [3.8, 4) is 5.69 Å². The maximum Gasteiger partial charge on any atom is 0.420 e. The van der Waals surface area contributed by atoms with Crippen LogP contribution in [-0.2, 0) is 0 Å². The Hall–Kier alpha value is -3.84. The molecule has 13 heteroatoms. The van der Waals surface area contributed by atoms with E-state index in [-0.39, 0.29) is 22.3 Å². The molecule has 0 amide bonds. The lowest BCUT2D eigenvalue weighted by Crippen LogP contribution is -2.58. The molecule has 3 aromatic carbocycles. The number of rotatable bonds is 9. The first kappa shape index (κ1) is 27.2. The van der Waals surface area contributed by atoms with Gasteiger partial charge in [0, 0.05) is 29.8 Å². The Morgan fingerprint density at radius 2 is 1.63 bits per heavy atom. The molecule has 0 aliphatic rings. The van der Waals surface area contributed by atoms with E-state index in [4.69, 9.17) is 0 Å². The van der Waals surface area contributed by atoms with Gasteiger partial charge in [0.25, 0.3) is 0 Å². The molecule has 0 radical (unpaired) electrons. The lowest BCUT2D eigenvalue weighted by molar-refractivity contribution is -0.250. The van der Waals surface area contributed by atoms with E-state index in [1.165, 1.54) is 24.4 Å². The Morgan fingerprint density at radius 1 is 0.921 bits per heavy atom. The minimum Gasteiger partial charge on any atom is -0.395 e. The quantitative estimate of drug-likeness (QED) is 0.266. The Labute approximate surface area is 211 Å². The summed E-state index contributed by atoms with van der Waals surface area (Å²) < 4.78 is 99.0. The van der Waals surface area contributed by atoms with Crippen LogP contribution in [0.2, 0.25) is 0 Å². The summed E-state index contributed by atoms with van der Waals surface area (Å²) in [5.74, 6) is -3.67. The van der Waals surface area contributed by atoms with Crippen molar-refractivity contribution in [1.29, 1.82) is 0 Å². The van der Waals surface area contributed by atoms with Crippen LogP contribution in [0.25, 0.3) is 16.6 Å². The number of hydrogen-bond acceptors (Lipinski definition) is 5. The largest absolute Gasteiger partial charge is 0.420 e. The van der Waals surface area contributed by atoms with Gasteiger partial charge in [-0.05, 0) is 36.4 Å². The molecule has 6 nitrogen and oxygen atoms in total. The van der Waals surface area contributed by atoms with Gasteiger partial charge < -0.3 is 20.4 Å². The molecule has 1 atom stereocenters. The zero-order valence-corrected chi connectivity index (χ0v) is 19.5. The summed E-state index contributed by atoms with van der Waals surface area (Å²) >= 11 is 0. The van der Waals surface area contributed by atoms with Crippen LogP contribution < -0.4 is 10.2 Å². The molecule has 1 heterocycles. The predicted molar refractivity (Wildman–Crippen MR) is 126 cm³/mol. The van der Waals surface area contributed by atoms with E-state index in [0.717, 1.165) is 28.9 Å². The van der Waals surface area contributed by atoms with Crippen LogP contribution in [0.1, 0.15) is 0 Å². The number of aliphatic hydroxyl groups excluding tert-OH is 1. The van der Waals surface area contributed by atoms with Gasteiger partial charge in [0.15, 0.2) is 11.4 Å². The zero-order valence-electron chi connectivity index (χ0n) is 19.5. The van der Waals surface area contributed by atoms with E-state index in [1.807, 2.05) is 0 Å². The lowest BCUT2D eigenvalue weighted by Gasteiger charge is -2.37. The van der Waals surface area contributed by atoms with Crippen molar-refractivity contribution in [2.24, 2.45) is 0 Å². The number of halogens is 7. The first-order chi connectivity index (χ1) is 17.9. The molecule has 0 spiro atoms. The number of hydrogen-bond donors (Lipinski definition) is 3. The minimum absolute atomic E-state index is 0.0953. The van der Waals surface area contributed by atoms with Crippen LogP contribution in [0.4, 0.5) is 42.1 Å². The Morgan fingerprint density at radius 3 is 2.32 bits per heavy atom. The summed E-state index contributed by atoms with van der Waals surface area (Å²) in [5.41, 5.74) is -3.76. The molecular formula is C25H21F7N4O2. The molecule has 4 rings (SSSR count). The third-order valence-electron chi connectivity index (χ3n) is 5.92. The summed E-state index contributed by atoms with van der Waals surface area (Å²) in [6.07, 6.45) is -3.97. The highest BCUT2D eigenvalue weighted by Gasteiger charge is 2.54.